The van der Waals surface area contributed by atoms with Crippen molar-refractivity contribution in [3.8, 4) is 0 Å². The molecule has 2 atom stereocenters. The number of hydrogen-bond acceptors (Lipinski definition) is 2. The highest BCUT2D eigenvalue weighted by Gasteiger charge is 2.16. The van der Waals surface area contributed by atoms with Crippen molar-refractivity contribution >= 4 is 17.5 Å². The molecule has 0 radical (unpaired) electrons. The van der Waals surface area contributed by atoms with E-state index in [1.54, 1.807) is 0 Å². The summed E-state index contributed by atoms with van der Waals surface area (Å²) < 4.78 is 0. The topological polar surface area (TPSA) is 55.1 Å². The number of rotatable bonds is 8. The first-order valence-electron chi connectivity index (χ1n) is 7.69. The molecular weight excluding hydrogens is 284 g/mol. The van der Waals surface area contributed by atoms with E-state index in [2.05, 4.69) is 19.2 Å². The van der Waals surface area contributed by atoms with Crippen molar-refractivity contribution in [3.05, 3.63) is 34.9 Å². The van der Waals surface area contributed by atoms with Gasteiger partial charge in [0.1, 0.15) is 0 Å². The number of amides is 1. The Morgan fingerprint density at radius 3 is 2.48 bits per heavy atom. The molecule has 0 spiro atoms. The smallest absolute Gasteiger partial charge is 0.220 e. The molecule has 1 aromatic rings. The number of hydrogen-bond donors (Lipinski definition) is 2. The van der Waals surface area contributed by atoms with Crippen molar-refractivity contribution in [3.63, 3.8) is 0 Å². The maximum Gasteiger partial charge on any atom is 0.220 e. The number of nitrogens with one attached hydrogen (secondary N) is 1. The fourth-order valence-corrected chi connectivity index (χ4v) is 2.86. The lowest BCUT2D eigenvalue weighted by Gasteiger charge is -2.21. The third-order valence-electron chi connectivity index (χ3n) is 3.97. The Hall–Kier alpha value is -1.06. The molecule has 1 aromatic carbocycles. The Bertz CT molecular complexity index is 448. The maximum absolute atomic E-state index is 12.1. The lowest BCUT2D eigenvalue weighted by atomic mass is 9.88. The van der Waals surface area contributed by atoms with Crippen LogP contribution in [0.5, 0.6) is 0 Å². The Labute approximate surface area is 133 Å². The lowest BCUT2D eigenvalue weighted by molar-refractivity contribution is -0.122. The van der Waals surface area contributed by atoms with Crippen molar-refractivity contribution < 1.29 is 4.79 Å². The molecule has 4 heteroatoms. The van der Waals surface area contributed by atoms with Gasteiger partial charge in [-0.05, 0) is 49.8 Å². The van der Waals surface area contributed by atoms with E-state index in [-0.39, 0.29) is 11.9 Å². The van der Waals surface area contributed by atoms with Crippen molar-refractivity contribution in [1.29, 1.82) is 0 Å². The van der Waals surface area contributed by atoms with Crippen LogP contribution in [0.4, 0.5) is 0 Å². The monoisotopic (exact) mass is 310 g/mol. The highest BCUT2D eigenvalue weighted by molar-refractivity contribution is 6.31. The molecule has 0 saturated heterocycles. The highest BCUT2D eigenvalue weighted by atomic mass is 35.5. The number of carbonyl (C=O) groups is 1. The van der Waals surface area contributed by atoms with Crippen LogP contribution >= 0.6 is 11.6 Å². The van der Waals surface area contributed by atoms with E-state index in [0.29, 0.717) is 29.8 Å². The zero-order chi connectivity index (χ0) is 15.8. The maximum atomic E-state index is 12.1. The minimum Gasteiger partial charge on any atom is -0.350 e. The Balaban J connectivity index is 2.48. The molecule has 1 rings (SSSR count). The van der Waals surface area contributed by atoms with Gasteiger partial charge in [0, 0.05) is 11.4 Å². The number of halogens is 1. The van der Waals surface area contributed by atoms with Crippen LogP contribution in [0.1, 0.15) is 51.6 Å². The second-order valence-electron chi connectivity index (χ2n) is 5.93. The lowest BCUT2D eigenvalue weighted by Crippen LogP contribution is -2.27. The van der Waals surface area contributed by atoms with Gasteiger partial charge in [0.15, 0.2) is 0 Å². The quantitative estimate of drug-likeness (QED) is 0.764. The molecule has 0 aromatic heterocycles. The van der Waals surface area contributed by atoms with E-state index in [0.717, 1.165) is 18.4 Å². The van der Waals surface area contributed by atoms with Gasteiger partial charge in [0.2, 0.25) is 5.91 Å². The molecule has 3 nitrogen and oxygen atoms in total. The highest BCUT2D eigenvalue weighted by Crippen LogP contribution is 2.23. The largest absolute Gasteiger partial charge is 0.350 e. The van der Waals surface area contributed by atoms with Crippen LogP contribution < -0.4 is 11.1 Å². The summed E-state index contributed by atoms with van der Waals surface area (Å²) in [4.78, 5) is 12.1. The van der Waals surface area contributed by atoms with Gasteiger partial charge in [-0.1, -0.05) is 43.6 Å². The summed E-state index contributed by atoms with van der Waals surface area (Å²) in [5.74, 6) is 1.14. The van der Waals surface area contributed by atoms with Gasteiger partial charge < -0.3 is 11.1 Å². The van der Waals surface area contributed by atoms with Crippen LogP contribution in [0.15, 0.2) is 24.3 Å². The van der Waals surface area contributed by atoms with E-state index in [4.69, 9.17) is 17.3 Å². The molecule has 0 fully saturated rings. The van der Waals surface area contributed by atoms with Crippen molar-refractivity contribution in [1.82, 2.24) is 5.32 Å². The van der Waals surface area contributed by atoms with Crippen LogP contribution in [0.3, 0.4) is 0 Å². The molecule has 0 saturated carbocycles. The molecular formula is C17H27ClN2O. The average molecular weight is 311 g/mol. The third kappa shape index (κ3) is 6.06. The Kier molecular flexibility index (Phi) is 7.76. The first kappa shape index (κ1) is 18.0. The number of benzene rings is 1. The van der Waals surface area contributed by atoms with E-state index in [1.807, 2.05) is 31.2 Å². The molecule has 0 aliphatic carbocycles. The van der Waals surface area contributed by atoms with E-state index in [9.17, 15) is 4.79 Å². The minimum atomic E-state index is -0.0711. The minimum absolute atomic E-state index is 0.0711. The second kappa shape index (κ2) is 9.06. The molecule has 0 aliphatic heterocycles. The fraction of sp³-hybridized carbons (Fsp3) is 0.588. The number of carbonyl (C=O) groups excluding carboxylic acids is 1. The Morgan fingerprint density at radius 2 is 1.90 bits per heavy atom. The molecule has 0 aliphatic rings. The summed E-state index contributed by atoms with van der Waals surface area (Å²) in [6.45, 7) is 7.01. The van der Waals surface area contributed by atoms with Crippen molar-refractivity contribution in [2.75, 3.05) is 6.54 Å². The predicted molar refractivity (Wildman–Crippen MR) is 89.2 cm³/mol. The fourth-order valence-electron chi connectivity index (χ4n) is 2.56. The summed E-state index contributed by atoms with van der Waals surface area (Å²) in [5, 5.41) is 3.71. The average Bonchev–Trinajstić information content (AvgIpc) is 2.43. The summed E-state index contributed by atoms with van der Waals surface area (Å²) in [6, 6.07) is 7.53. The summed E-state index contributed by atoms with van der Waals surface area (Å²) in [5.41, 5.74) is 6.59. The molecule has 21 heavy (non-hydrogen) atoms. The predicted octanol–water partition coefficient (Wildman–Crippen LogP) is 3.92. The summed E-state index contributed by atoms with van der Waals surface area (Å²) in [6.07, 6.45) is 2.40. The van der Waals surface area contributed by atoms with Crippen molar-refractivity contribution in [2.45, 2.75) is 46.1 Å². The van der Waals surface area contributed by atoms with Gasteiger partial charge in [-0.25, -0.2) is 0 Å². The molecule has 1 unspecified atom stereocenters. The second-order valence-corrected chi connectivity index (χ2v) is 6.34. The SMILES string of the molecule is CC(C)C(CCN)CCC(=O)N[C@H](C)c1ccccc1Cl. The van der Waals surface area contributed by atoms with Gasteiger partial charge in [-0.15, -0.1) is 0 Å². The van der Waals surface area contributed by atoms with E-state index >= 15 is 0 Å². The first-order valence-corrected chi connectivity index (χ1v) is 8.07. The molecule has 1 amide bonds. The van der Waals surface area contributed by atoms with Gasteiger partial charge >= 0.3 is 0 Å². The Morgan fingerprint density at radius 1 is 1.24 bits per heavy atom. The van der Waals surface area contributed by atoms with Gasteiger partial charge in [-0.2, -0.15) is 0 Å². The van der Waals surface area contributed by atoms with Crippen LogP contribution in [-0.2, 0) is 4.79 Å². The summed E-state index contributed by atoms with van der Waals surface area (Å²) in [7, 11) is 0. The molecule has 0 heterocycles. The van der Waals surface area contributed by atoms with Crippen LogP contribution in [0, 0.1) is 11.8 Å². The van der Waals surface area contributed by atoms with Gasteiger partial charge in [-0.3, -0.25) is 4.79 Å². The molecule has 3 N–H and O–H groups in total. The first-order chi connectivity index (χ1) is 9.95. The van der Waals surface area contributed by atoms with Crippen molar-refractivity contribution in [2.24, 2.45) is 17.6 Å². The van der Waals surface area contributed by atoms with E-state index < -0.39 is 0 Å². The molecule has 0 bridgehead atoms. The van der Waals surface area contributed by atoms with Crippen LogP contribution in [0.25, 0.3) is 0 Å². The standard InChI is InChI=1S/C17H27ClN2O/c1-12(2)14(10-11-19)8-9-17(21)20-13(3)15-6-4-5-7-16(15)18/h4-7,12-14H,8-11,19H2,1-3H3,(H,20,21)/t13-,14?/m1/s1. The summed E-state index contributed by atoms with van der Waals surface area (Å²) >= 11 is 6.15. The zero-order valence-electron chi connectivity index (χ0n) is 13.2. The zero-order valence-corrected chi connectivity index (χ0v) is 14.0. The number of nitrogens with two attached hydrogens (primary N) is 1. The third-order valence-corrected chi connectivity index (χ3v) is 4.32. The van der Waals surface area contributed by atoms with Crippen LogP contribution in [0.2, 0.25) is 5.02 Å². The normalized spacial score (nSPS) is 14.0. The van der Waals surface area contributed by atoms with Crippen LogP contribution in [-0.4, -0.2) is 12.5 Å². The molecule has 118 valence electrons. The van der Waals surface area contributed by atoms with Gasteiger partial charge in [0.05, 0.1) is 6.04 Å². The van der Waals surface area contributed by atoms with Gasteiger partial charge in [0.25, 0.3) is 0 Å². The van der Waals surface area contributed by atoms with E-state index in [1.165, 1.54) is 0 Å².